The molecule has 4 aliphatic rings. The van der Waals surface area contributed by atoms with Gasteiger partial charge in [0.15, 0.2) is 0 Å². The molecule has 0 amide bonds. The molecule has 0 N–H and O–H groups in total. The summed E-state index contributed by atoms with van der Waals surface area (Å²) in [7, 11) is 0. The number of ether oxygens (including phenoxy) is 4. The van der Waals surface area contributed by atoms with E-state index in [9.17, 15) is 0 Å². The second-order valence-electron chi connectivity index (χ2n) is 12.7. The van der Waals surface area contributed by atoms with Gasteiger partial charge in [-0.15, -0.1) is 20.1 Å². The third-order valence-corrected chi connectivity index (χ3v) is 7.16. The van der Waals surface area contributed by atoms with Gasteiger partial charge in [0.2, 0.25) is 0 Å². The van der Waals surface area contributed by atoms with Gasteiger partial charge in [-0.1, -0.05) is 0 Å². The Morgan fingerprint density at radius 2 is 0.909 bits per heavy atom. The van der Waals surface area contributed by atoms with Crippen LogP contribution in [0.25, 0.3) is 0 Å². The lowest BCUT2D eigenvalue weighted by molar-refractivity contribution is -0.663. The molecule has 0 saturated carbocycles. The Morgan fingerprint density at radius 1 is 0.606 bits per heavy atom. The van der Waals surface area contributed by atoms with Crippen LogP contribution in [0, 0.1) is 0 Å². The molecule has 4 heterocycles. The topological polar surface area (TPSA) is 77.7 Å². The van der Waals surface area contributed by atoms with E-state index in [1.165, 1.54) is 0 Å². The molecule has 2 atom stereocenters. The molecule has 0 aromatic heterocycles. The van der Waals surface area contributed by atoms with Crippen molar-refractivity contribution in [3.63, 3.8) is 0 Å². The monoisotopic (exact) mass is 472 g/mol. The highest BCUT2D eigenvalue weighted by atomic mass is 17.6. The Bertz CT molecular complexity index is 584. The van der Waals surface area contributed by atoms with Crippen LogP contribution in [0.1, 0.15) is 81.1 Å². The van der Waals surface area contributed by atoms with Crippen LogP contribution in [0.5, 0.6) is 0 Å². The Balaban J connectivity index is 1.31. The molecule has 0 bridgehead atoms. The summed E-state index contributed by atoms with van der Waals surface area (Å²) in [5.74, 6) is 0. The zero-order chi connectivity index (χ0) is 24.1. The van der Waals surface area contributed by atoms with Gasteiger partial charge in [-0.25, -0.2) is 0 Å². The highest BCUT2D eigenvalue weighted by Gasteiger charge is 2.51. The summed E-state index contributed by atoms with van der Waals surface area (Å²) in [4.78, 5) is 11.7. The Morgan fingerprint density at radius 3 is 1.18 bits per heavy atom. The van der Waals surface area contributed by atoms with E-state index < -0.39 is 0 Å². The van der Waals surface area contributed by atoms with Crippen LogP contribution in [0.4, 0.5) is 0 Å². The standard InChI is InChI=1S/C24H44N2O7/c1-21(2)9-17(27-13-19-15-29-19)10-22(3,4)25(21)31-33-32-26-23(5,6)11-18(12-24(26,7)8)28-14-20-16-30-20/h17-20H,9-16H2,1-8H3. The van der Waals surface area contributed by atoms with Crippen LogP contribution >= 0.6 is 0 Å². The van der Waals surface area contributed by atoms with Gasteiger partial charge >= 0.3 is 0 Å². The summed E-state index contributed by atoms with van der Waals surface area (Å²) in [6, 6.07) is 0. The number of epoxide rings is 2. The van der Waals surface area contributed by atoms with Crippen molar-refractivity contribution >= 4 is 0 Å². The third kappa shape index (κ3) is 6.45. The molecule has 9 heteroatoms. The number of hydrogen-bond acceptors (Lipinski definition) is 9. The first kappa shape index (κ1) is 25.7. The van der Waals surface area contributed by atoms with Gasteiger partial charge in [-0.05, 0) is 86.1 Å². The normalized spacial score (nSPS) is 33.8. The van der Waals surface area contributed by atoms with Crippen LogP contribution in [0.2, 0.25) is 0 Å². The van der Waals surface area contributed by atoms with E-state index in [-0.39, 0.29) is 46.6 Å². The van der Waals surface area contributed by atoms with E-state index in [1.807, 2.05) is 10.1 Å². The van der Waals surface area contributed by atoms with Gasteiger partial charge < -0.3 is 18.9 Å². The van der Waals surface area contributed by atoms with E-state index >= 15 is 0 Å². The molecular weight excluding hydrogens is 428 g/mol. The number of rotatable bonds is 10. The average molecular weight is 473 g/mol. The second kappa shape index (κ2) is 9.26. The predicted octanol–water partition coefficient (Wildman–Crippen LogP) is 3.57. The fraction of sp³-hybridized carbons (Fsp3) is 1.00. The smallest absolute Gasteiger partial charge is 0.104 e. The number of nitrogens with zero attached hydrogens (tertiary/aromatic N) is 2. The molecule has 9 nitrogen and oxygen atoms in total. The van der Waals surface area contributed by atoms with Gasteiger partial charge in [0.05, 0.1) is 38.6 Å². The molecule has 4 rings (SSSR count). The zero-order valence-electron chi connectivity index (χ0n) is 21.7. The number of hydrogen-bond donors (Lipinski definition) is 0. The van der Waals surface area contributed by atoms with Crippen LogP contribution in [0.15, 0.2) is 0 Å². The summed E-state index contributed by atoms with van der Waals surface area (Å²) in [6.07, 6.45) is 4.16. The number of hydroxylamine groups is 4. The van der Waals surface area contributed by atoms with Crippen molar-refractivity contribution in [1.82, 2.24) is 10.1 Å². The maximum atomic E-state index is 6.12. The first-order valence-electron chi connectivity index (χ1n) is 12.4. The van der Waals surface area contributed by atoms with Crippen molar-refractivity contribution in [3.8, 4) is 0 Å². The summed E-state index contributed by atoms with van der Waals surface area (Å²) < 4.78 is 22.8. The average Bonchev–Trinajstić information content (AvgIpc) is 3.56. The fourth-order valence-corrected chi connectivity index (χ4v) is 5.87. The maximum absolute atomic E-state index is 6.12. The highest BCUT2D eigenvalue weighted by Crippen LogP contribution is 2.42. The summed E-state index contributed by atoms with van der Waals surface area (Å²) in [6.45, 7) is 20.1. The molecule has 192 valence electrons. The molecule has 4 saturated heterocycles. The Kier molecular flexibility index (Phi) is 7.22. The molecule has 0 aliphatic carbocycles. The predicted molar refractivity (Wildman–Crippen MR) is 121 cm³/mol. The highest BCUT2D eigenvalue weighted by molar-refractivity contribution is 4.98. The van der Waals surface area contributed by atoms with Crippen molar-refractivity contribution in [2.45, 2.75) is 128 Å². The Hall–Kier alpha value is -0.360. The fourth-order valence-electron chi connectivity index (χ4n) is 5.87. The van der Waals surface area contributed by atoms with Crippen molar-refractivity contribution in [1.29, 1.82) is 0 Å². The van der Waals surface area contributed by atoms with Gasteiger partial charge in [0, 0.05) is 22.2 Å². The summed E-state index contributed by atoms with van der Waals surface area (Å²) in [5, 5.41) is 9.28. The zero-order valence-corrected chi connectivity index (χ0v) is 21.7. The Labute approximate surface area is 198 Å². The minimum absolute atomic E-state index is 0.151. The maximum Gasteiger partial charge on any atom is 0.104 e. The molecular formula is C24H44N2O7. The molecule has 0 radical (unpaired) electrons. The lowest BCUT2D eigenvalue weighted by Gasteiger charge is -2.53. The second-order valence-corrected chi connectivity index (χ2v) is 12.7. The van der Waals surface area contributed by atoms with Crippen LogP contribution < -0.4 is 0 Å². The van der Waals surface area contributed by atoms with E-state index in [4.69, 9.17) is 34.0 Å². The van der Waals surface area contributed by atoms with Gasteiger partial charge in [-0.3, -0.25) is 0 Å². The minimum atomic E-state index is -0.295. The van der Waals surface area contributed by atoms with Gasteiger partial charge in [0.25, 0.3) is 0 Å². The molecule has 2 unspecified atom stereocenters. The lowest BCUT2D eigenvalue weighted by atomic mass is 9.80. The van der Waals surface area contributed by atoms with E-state index in [0.717, 1.165) is 38.9 Å². The van der Waals surface area contributed by atoms with Crippen LogP contribution in [0.3, 0.4) is 0 Å². The van der Waals surface area contributed by atoms with Crippen LogP contribution in [-0.2, 0) is 34.0 Å². The quantitative estimate of drug-likeness (QED) is 0.269. The van der Waals surface area contributed by atoms with Crippen molar-refractivity contribution < 1.29 is 34.0 Å². The third-order valence-electron chi connectivity index (χ3n) is 7.16. The summed E-state index contributed by atoms with van der Waals surface area (Å²) >= 11 is 0. The lowest BCUT2D eigenvalue weighted by Crippen LogP contribution is -2.63. The molecule has 0 spiro atoms. The molecule has 0 aromatic rings. The largest absolute Gasteiger partial charge is 0.375 e. The minimum Gasteiger partial charge on any atom is -0.375 e. The summed E-state index contributed by atoms with van der Waals surface area (Å²) in [5.41, 5.74) is -1.18. The number of piperidine rings is 2. The van der Waals surface area contributed by atoms with E-state index in [1.54, 1.807) is 0 Å². The van der Waals surface area contributed by atoms with Crippen LogP contribution in [-0.4, -0.2) is 83.1 Å². The van der Waals surface area contributed by atoms with Gasteiger partial charge in [-0.2, -0.15) is 0 Å². The van der Waals surface area contributed by atoms with Crippen molar-refractivity contribution in [2.75, 3.05) is 26.4 Å². The SMILES string of the molecule is CC1(C)CC(OCC2CO2)CC(C)(C)N1OOON1C(C)(C)CC(OCC2CO2)CC1(C)C. The first-order chi connectivity index (χ1) is 15.3. The van der Waals surface area contributed by atoms with E-state index in [2.05, 4.69) is 55.4 Å². The molecule has 4 aliphatic heterocycles. The van der Waals surface area contributed by atoms with Crippen molar-refractivity contribution in [2.24, 2.45) is 0 Å². The molecule has 4 fully saturated rings. The van der Waals surface area contributed by atoms with Crippen molar-refractivity contribution in [3.05, 3.63) is 0 Å². The first-order valence-corrected chi connectivity index (χ1v) is 12.4. The molecule has 0 aromatic carbocycles. The van der Waals surface area contributed by atoms with E-state index in [0.29, 0.717) is 13.2 Å². The molecule has 33 heavy (non-hydrogen) atoms. The van der Waals surface area contributed by atoms with Gasteiger partial charge in [0.1, 0.15) is 12.2 Å².